The summed E-state index contributed by atoms with van der Waals surface area (Å²) in [5.74, 6) is -0.626. The van der Waals surface area contributed by atoms with Crippen molar-refractivity contribution in [3.05, 3.63) is 29.6 Å². The van der Waals surface area contributed by atoms with Gasteiger partial charge in [0.2, 0.25) is 0 Å². The lowest BCUT2D eigenvalue weighted by atomic mass is 10.1. The molecule has 2 amide bonds. The van der Waals surface area contributed by atoms with Crippen LogP contribution in [0, 0.1) is 17.1 Å². The number of benzene rings is 1. The zero-order chi connectivity index (χ0) is 19.3. The van der Waals surface area contributed by atoms with Crippen LogP contribution in [0.4, 0.5) is 19.7 Å². The molecule has 0 spiro atoms. The van der Waals surface area contributed by atoms with E-state index in [-0.39, 0.29) is 22.1 Å². The molecule has 0 radical (unpaired) electrons. The molecule has 6 nitrogen and oxygen atoms in total. The minimum Gasteiger partial charge on any atom is -0.444 e. The first kappa shape index (κ1) is 20.0. The molecule has 1 heterocycles. The highest BCUT2D eigenvalue weighted by atomic mass is 32.2. The van der Waals surface area contributed by atoms with Crippen LogP contribution in [-0.2, 0) is 4.74 Å². The van der Waals surface area contributed by atoms with Crippen LogP contribution in [0.15, 0.2) is 18.2 Å². The lowest BCUT2D eigenvalue weighted by molar-refractivity contribution is 0.0220. The van der Waals surface area contributed by atoms with E-state index in [1.54, 1.807) is 11.0 Å². The summed E-state index contributed by atoms with van der Waals surface area (Å²) in [5, 5.41) is 11.1. The van der Waals surface area contributed by atoms with Crippen LogP contribution >= 0.6 is 11.8 Å². The molecule has 0 saturated carbocycles. The van der Waals surface area contributed by atoms with Gasteiger partial charge in [0, 0.05) is 24.0 Å². The van der Waals surface area contributed by atoms with E-state index < -0.39 is 11.4 Å². The molecule has 1 aromatic rings. The van der Waals surface area contributed by atoms with Gasteiger partial charge in [-0.3, -0.25) is 4.79 Å². The van der Waals surface area contributed by atoms with Gasteiger partial charge in [0.15, 0.2) is 0 Å². The van der Waals surface area contributed by atoms with E-state index in [0.29, 0.717) is 18.8 Å². The van der Waals surface area contributed by atoms with Gasteiger partial charge in [0.1, 0.15) is 17.5 Å². The maximum absolute atomic E-state index is 13.3. The summed E-state index contributed by atoms with van der Waals surface area (Å²) in [6.45, 7) is 6.48. The number of likely N-dealkylation sites (tertiary alicyclic amines) is 1. The first-order chi connectivity index (χ1) is 12.2. The Bertz CT molecular complexity index is 727. The molecule has 1 aliphatic rings. The number of carbonyl (C=O) groups excluding carboxylic acids is 2. The van der Waals surface area contributed by atoms with Crippen molar-refractivity contribution in [1.29, 1.82) is 5.26 Å². The molecule has 1 saturated heterocycles. The third kappa shape index (κ3) is 5.92. The fraction of sp³-hybridized carbons (Fsp3) is 0.500. The second kappa shape index (κ2) is 8.41. The molecule has 2 rings (SSSR count). The van der Waals surface area contributed by atoms with Gasteiger partial charge in [-0.05, 0) is 51.8 Å². The number of nitriles is 1. The van der Waals surface area contributed by atoms with Gasteiger partial charge in [-0.1, -0.05) is 11.8 Å². The van der Waals surface area contributed by atoms with E-state index >= 15 is 0 Å². The number of rotatable bonds is 2. The average molecular weight is 379 g/mol. The van der Waals surface area contributed by atoms with E-state index in [1.165, 1.54) is 12.1 Å². The predicted molar refractivity (Wildman–Crippen MR) is 98.6 cm³/mol. The largest absolute Gasteiger partial charge is 0.444 e. The van der Waals surface area contributed by atoms with Crippen molar-refractivity contribution in [3.8, 4) is 6.07 Å². The highest BCUT2D eigenvalue weighted by Crippen LogP contribution is 2.26. The van der Waals surface area contributed by atoms with E-state index in [0.717, 1.165) is 30.7 Å². The fourth-order valence-corrected chi connectivity index (χ4v) is 3.53. The normalized spacial score (nSPS) is 17.3. The van der Waals surface area contributed by atoms with Crippen molar-refractivity contribution in [2.45, 2.75) is 44.5 Å². The van der Waals surface area contributed by atoms with Gasteiger partial charge >= 0.3 is 6.09 Å². The van der Waals surface area contributed by atoms with Crippen molar-refractivity contribution in [1.82, 2.24) is 4.90 Å². The Labute approximate surface area is 156 Å². The number of nitrogens with one attached hydrogen (secondary N) is 1. The number of ether oxygens (including phenoxy) is 1. The summed E-state index contributed by atoms with van der Waals surface area (Å²) in [7, 11) is 0. The van der Waals surface area contributed by atoms with E-state index in [4.69, 9.17) is 10.00 Å². The molecule has 1 unspecified atom stereocenters. The van der Waals surface area contributed by atoms with Gasteiger partial charge in [-0.2, -0.15) is 5.26 Å². The molecule has 1 atom stereocenters. The lowest BCUT2D eigenvalue weighted by Gasteiger charge is -2.33. The second-order valence-corrected chi connectivity index (χ2v) is 8.30. The van der Waals surface area contributed by atoms with Gasteiger partial charge in [0.05, 0.1) is 5.56 Å². The van der Waals surface area contributed by atoms with Crippen LogP contribution in [-0.4, -0.2) is 40.2 Å². The maximum atomic E-state index is 13.3. The number of hydrogen-bond acceptors (Lipinski definition) is 5. The van der Waals surface area contributed by atoms with Gasteiger partial charge < -0.3 is 15.0 Å². The van der Waals surface area contributed by atoms with E-state index in [9.17, 15) is 14.0 Å². The Hall–Kier alpha value is -2.27. The number of nitrogens with zero attached hydrogens (tertiary/aromatic N) is 2. The minimum absolute atomic E-state index is 0.0489. The Morgan fingerprint density at radius 2 is 2.15 bits per heavy atom. The predicted octanol–water partition coefficient (Wildman–Crippen LogP) is 4.36. The Balaban J connectivity index is 1.90. The van der Waals surface area contributed by atoms with Crippen LogP contribution in [0.5, 0.6) is 0 Å². The molecule has 0 aliphatic carbocycles. The van der Waals surface area contributed by atoms with Gasteiger partial charge in [0.25, 0.3) is 5.24 Å². The Morgan fingerprint density at radius 3 is 2.81 bits per heavy atom. The molecular weight excluding hydrogens is 357 g/mol. The number of anilines is 1. The number of hydrogen-bond donors (Lipinski definition) is 1. The summed E-state index contributed by atoms with van der Waals surface area (Å²) in [4.78, 5) is 26.0. The molecule has 1 aromatic carbocycles. The molecule has 8 heteroatoms. The number of carbonyl (C=O) groups is 2. The first-order valence-corrected chi connectivity index (χ1v) is 9.21. The van der Waals surface area contributed by atoms with Crippen LogP contribution in [0.25, 0.3) is 0 Å². The third-order valence-electron chi connectivity index (χ3n) is 3.64. The summed E-state index contributed by atoms with van der Waals surface area (Å²) < 4.78 is 18.7. The minimum atomic E-state index is -0.626. The van der Waals surface area contributed by atoms with Crippen molar-refractivity contribution >= 4 is 28.8 Å². The Morgan fingerprint density at radius 1 is 1.42 bits per heavy atom. The fourth-order valence-electron chi connectivity index (χ4n) is 2.51. The number of halogens is 1. The lowest BCUT2D eigenvalue weighted by Crippen LogP contribution is -2.44. The average Bonchev–Trinajstić information content (AvgIpc) is 2.55. The van der Waals surface area contributed by atoms with Crippen LogP contribution in [0.3, 0.4) is 0 Å². The van der Waals surface area contributed by atoms with Crippen molar-refractivity contribution in [3.63, 3.8) is 0 Å². The summed E-state index contributed by atoms with van der Waals surface area (Å²) in [6.07, 6.45) is 1.23. The molecule has 1 aliphatic heterocycles. The van der Waals surface area contributed by atoms with Crippen LogP contribution in [0.1, 0.15) is 39.2 Å². The highest BCUT2D eigenvalue weighted by Gasteiger charge is 2.29. The SMILES string of the molecule is CC(C)(C)OC(=O)N1CCCC(SC(=O)Nc2ccc(F)c(C#N)c2)C1. The zero-order valence-corrected chi connectivity index (χ0v) is 15.9. The number of thioether (sulfide) groups is 1. The first-order valence-electron chi connectivity index (χ1n) is 8.33. The van der Waals surface area contributed by atoms with Crippen molar-refractivity contribution < 1.29 is 18.7 Å². The molecule has 0 aromatic heterocycles. The molecule has 26 heavy (non-hydrogen) atoms. The standard InChI is InChI=1S/C18H22FN3O3S/c1-18(2,3)25-17(24)22-8-4-5-14(11-22)26-16(23)21-13-6-7-15(19)12(9-13)10-20/h6-7,9,14H,4-5,8,11H2,1-3H3,(H,21,23). The number of piperidine rings is 1. The summed E-state index contributed by atoms with van der Waals surface area (Å²) >= 11 is 1.10. The molecule has 140 valence electrons. The third-order valence-corrected chi connectivity index (χ3v) is 4.67. The topological polar surface area (TPSA) is 82.4 Å². The summed E-state index contributed by atoms with van der Waals surface area (Å²) in [5.41, 5.74) is -0.322. The molecule has 1 fully saturated rings. The van der Waals surface area contributed by atoms with Gasteiger partial charge in [-0.25, -0.2) is 9.18 Å². The van der Waals surface area contributed by atoms with Crippen LogP contribution in [0.2, 0.25) is 0 Å². The van der Waals surface area contributed by atoms with Gasteiger partial charge in [-0.15, -0.1) is 0 Å². The number of amides is 2. The van der Waals surface area contributed by atoms with Crippen LogP contribution < -0.4 is 5.32 Å². The Kier molecular flexibility index (Phi) is 6.48. The maximum Gasteiger partial charge on any atom is 0.410 e. The summed E-state index contributed by atoms with van der Waals surface area (Å²) in [6, 6.07) is 5.58. The van der Waals surface area contributed by atoms with Crippen molar-refractivity contribution in [2.75, 3.05) is 18.4 Å². The van der Waals surface area contributed by atoms with Crippen molar-refractivity contribution in [2.24, 2.45) is 0 Å². The quantitative estimate of drug-likeness (QED) is 0.825. The molecule has 1 N–H and O–H groups in total. The second-order valence-electron chi connectivity index (χ2n) is 7.03. The monoisotopic (exact) mass is 379 g/mol. The molecular formula is C18H22FN3O3S. The van der Waals surface area contributed by atoms with E-state index in [1.807, 2.05) is 20.8 Å². The smallest absolute Gasteiger partial charge is 0.410 e. The molecule has 0 bridgehead atoms. The highest BCUT2D eigenvalue weighted by molar-refractivity contribution is 8.14. The van der Waals surface area contributed by atoms with E-state index in [2.05, 4.69) is 5.32 Å². The zero-order valence-electron chi connectivity index (χ0n) is 15.0.